The predicted octanol–water partition coefficient (Wildman–Crippen LogP) is 3.80. The quantitative estimate of drug-likeness (QED) is 0.453. The van der Waals surface area contributed by atoms with E-state index in [0.29, 0.717) is 17.3 Å². The van der Waals surface area contributed by atoms with E-state index >= 15 is 0 Å². The topological polar surface area (TPSA) is 82.3 Å². The number of thiophene rings is 1. The first-order valence-corrected chi connectivity index (χ1v) is 9.52. The maximum absolute atomic E-state index is 13.3. The second-order valence-electron chi connectivity index (χ2n) is 5.45. The molecule has 28 heavy (non-hydrogen) atoms. The van der Waals surface area contributed by atoms with E-state index in [1.54, 1.807) is 12.1 Å². The molecule has 0 radical (unpaired) electrons. The van der Waals surface area contributed by atoms with E-state index in [4.69, 9.17) is 0 Å². The van der Waals surface area contributed by atoms with Gasteiger partial charge in [-0.2, -0.15) is 13.2 Å². The average molecular weight is 421 g/mol. The van der Waals surface area contributed by atoms with Crippen molar-refractivity contribution in [1.82, 2.24) is 35.2 Å². The van der Waals surface area contributed by atoms with Crippen molar-refractivity contribution in [3.05, 3.63) is 58.7 Å². The third kappa shape index (κ3) is 4.17. The molecule has 0 spiro atoms. The van der Waals surface area contributed by atoms with Crippen LogP contribution in [0.3, 0.4) is 0 Å². The highest BCUT2D eigenvalue weighted by Crippen LogP contribution is 2.33. The average Bonchev–Trinajstić information content (AvgIpc) is 3.34. The Hall–Kier alpha value is -2.86. The molecule has 7 nitrogen and oxygen atoms in total. The van der Waals surface area contributed by atoms with Gasteiger partial charge in [0.25, 0.3) is 0 Å². The zero-order valence-corrected chi connectivity index (χ0v) is 15.5. The Morgan fingerprint density at radius 3 is 2.64 bits per heavy atom. The summed E-state index contributed by atoms with van der Waals surface area (Å²) < 4.78 is 41.5. The molecule has 0 aromatic carbocycles. The lowest BCUT2D eigenvalue weighted by molar-refractivity contribution is -0.141. The number of rotatable bonds is 5. The van der Waals surface area contributed by atoms with Gasteiger partial charge in [0.05, 0.1) is 6.54 Å². The van der Waals surface area contributed by atoms with Gasteiger partial charge >= 0.3 is 6.18 Å². The van der Waals surface area contributed by atoms with Crippen LogP contribution in [0.5, 0.6) is 0 Å². The van der Waals surface area contributed by atoms with Crippen LogP contribution in [0, 0.1) is 0 Å². The standard InChI is InChI=1S/C16H10F3N7S2/c17-16(18,19)12-8-13(22-14(21-12)10-3-5-20-6-4-10)28-15-23-24-25-26(15)9-11-2-1-7-27-11/h1-8H,9H2. The summed E-state index contributed by atoms with van der Waals surface area (Å²) in [6, 6.07) is 7.81. The molecule has 4 aromatic heterocycles. The fraction of sp³-hybridized carbons (Fsp3) is 0.125. The Labute approximate surface area is 164 Å². The van der Waals surface area contributed by atoms with E-state index in [9.17, 15) is 13.2 Å². The highest BCUT2D eigenvalue weighted by atomic mass is 32.2. The fourth-order valence-electron chi connectivity index (χ4n) is 2.27. The van der Waals surface area contributed by atoms with Crippen molar-refractivity contribution in [3.63, 3.8) is 0 Å². The first-order chi connectivity index (χ1) is 13.5. The van der Waals surface area contributed by atoms with Gasteiger partial charge in [-0.05, 0) is 45.8 Å². The van der Waals surface area contributed by atoms with Crippen LogP contribution in [-0.4, -0.2) is 35.2 Å². The van der Waals surface area contributed by atoms with E-state index in [2.05, 4.69) is 30.5 Å². The third-order valence-electron chi connectivity index (χ3n) is 3.51. The lowest BCUT2D eigenvalue weighted by Crippen LogP contribution is -2.10. The number of tetrazole rings is 1. The Balaban J connectivity index is 1.69. The molecule has 0 saturated heterocycles. The summed E-state index contributed by atoms with van der Waals surface area (Å²) in [4.78, 5) is 12.8. The summed E-state index contributed by atoms with van der Waals surface area (Å²) in [5, 5.41) is 13.8. The normalized spacial score (nSPS) is 11.7. The number of hydrogen-bond donors (Lipinski definition) is 0. The summed E-state index contributed by atoms with van der Waals surface area (Å²) in [7, 11) is 0. The summed E-state index contributed by atoms with van der Waals surface area (Å²) in [6.45, 7) is 0.418. The summed E-state index contributed by atoms with van der Waals surface area (Å²) in [5.74, 6) is -0.0444. The number of nitrogens with zero attached hydrogens (tertiary/aromatic N) is 7. The lowest BCUT2D eigenvalue weighted by Gasteiger charge is -2.10. The van der Waals surface area contributed by atoms with E-state index in [-0.39, 0.29) is 10.9 Å². The zero-order valence-electron chi connectivity index (χ0n) is 13.9. The highest BCUT2D eigenvalue weighted by Gasteiger charge is 2.34. The molecule has 4 rings (SSSR count). The van der Waals surface area contributed by atoms with Crippen molar-refractivity contribution in [1.29, 1.82) is 0 Å². The largest absolute Gasteiger partial charge is 0.433 e. The van der Waals surface area contributed by atoms with Gasteiger partial charge in [0.1, 0.15) is 10.7 Å². The van der Waals surface area contributed by atoms with Crippen molar-refractivity contribution in [2.75, 3.05) is 0 Å². The van der Waals surface area contributed by atoms with Crippen LogP contribution in [0.2, 0.25) is 0 Å². The van der Waals surface area contributed by atoms with E-state index in [0.717, 1.165) is 22.7 Å². The molecule has 0 aliphatic carbocycles. The minimum absolute atomic E-state index is 0.0444. The van der Waals surface area contributed by atoms with Gasteiger partial charge < -0.3 is 0 Å². The van der Waals surface area contributed by atoms with Crippen molar-refractivity contribution < 1.29 is 13.2 Å². The number of pyridine rings is 1. The molecule has 0 fully saturated rings. The maximum Gasteiger partial charge on any atom is 0.433 e. The highest BCUT2D eigenvalue weighted by molar-refractivity contribution is 7.99. The zero-order chi connectivity index (χ0) is 19.6. The molecule has 142 valence electrons. The number of halogens is 3. The Morgan fingerprint density at radius 1 is 1.11 bits per heavy atom. The Bertz CT molecular complexity index is 1070. The molecular formula is C16H10F3N7S2. The molecule has 0 aliphatic heterocycles. The minimum Gasteiger partial charge on any atom is -0.265 e. The molecule has 0 atom stereocenters. The number of aromatic nitrogens is 7. The molecule has 0 saturated carbocycles. The minimum atomic E-state index is -4.61. The molecule has 4 aromatic rings. The van der Waals surface area contributed by atoms with Crippen LogP contribution in [0.25, 0.3) is 11.4 Å². The van der Waals surface area contributed by atoms with Crippen molar-refractivity contribution in [3.8, 4) is 11.4 Å². The van der Waals surface area contributed by atoms with E-state index < -0.39 is 11.9 Å². The molecular weight excluding hydrogens is 411 g/mol. The van der Waals surface area contributed by atoms with Crippen LogP contribution in [0.1, 0.15) is 10.6 Å². The molecule has 4 heterocycles. The van der Waals surface area contributed by atoms with Crippen LogP contribution in [-0.2, 0) is 12.7 Å². The van der Waals surface area contributed by atoms with Crippen molar-refractivity contribution >= 4 is 23.1 Å². The smallest absolute Gasteiger partial charge is 0.265 e. The number of hydrogen-bond acceptors (Lipinski definition) is 8. The monoisotopic (exact) mass is 421 g/mol. The predicted molar refractivity (Wildman–Crippen MR) is 95.6 cm³/mol. The Morgan fingerprint density at radius 2 is 1.93 bits per heavy atom. The van der Waals surface area contributed by atoms with Gasteiger partial charge in [0.15, 0.2) is 5.82 Å². The maximum atomic E-state index is 13.3. The second kappa shape index (κ2) is 7.64. The molecule has 0 N–H and O–H groups in total. The molecule has 0 bridgehead atoms. The van der Waals surface area contributed by atoms with Crippen LogP contribution in [0.15, 0.2) is 58.3 Å². The fourth-order valence-corrected chi connectivity index (χ4v) is 3.72. The second-order valence-corrected chi connectivity index (χ2v) is 7.47. The van der Waals surface area contributed by atoms with Gasteiger partial charge in [-0.1, -0.05) is 6.07 Å². The summed E-state index contributed by atoms with van der Waals surface area (Å²) in [5.41, 5.74) is -0.602. The Kier molecular flexibility index (Phi) is 5.05. The summed E-state index contributed by atoms with van der Waals surface area (Å²) >= 11 is 2.48. The molecule has 0 amide bonds. The molecule has 0 unspecified atom stereocenters. The summed E-state index contributed by atoms with van der Waals surface area (Å²) in [6.07, 6.45) is -1.68. The number of alkyl halides is 3. The molecule has 0 aliphatic rings. The van der Waals surface area contributed by atoms with Gasteiger partial charge in [0.2, 0.25) is 5.16 Å². The lowest BCUT2D eigenvalue weighted by atomic mass is 10.2. The van der Waals surface area contributed by atoms with Gasteiger partial charge in [-0.25, -0.2) is 14.6 Å². The van der Waals surface area contributed by atoms with E-state index in [1.165, 1.54) is 28.4 Å². The van der Waals surface area contributed by atoms with Crippen molar-refractivity contribution in [2.24, 2.45) is 0 Å². The third-order valence-corrected chi connectivity index (χ3v) is 5.27. The van der Waals surface area contributed by atoms with Gasteiger partial charge in [-0.3, -0.25) is 4.98 Å². The first-order valence-electron chi connectivity index (χ1n) is 7.82. The van der Waals surface area contributed by atoms with Gasteiger partial charge in [-0.15, -0.1) is 16.4 Å². The molecule has 12 heteroatoms. The van der Waals surface area contributed by atoms with Crippen molar-refractivity contribution in [2.45, 2.75) is 22.9 Å². The van der Waals surface area contributed by atoms with Crippen LogP contribution < -0.4 is 0 Å². The van der Waals surface area contributed by atoms with E-state index in [1.807, 2.05) is 17.5 Å². The first kappa shape index (κ1) is 18.5. The SMILES string of the molecule is FC(F)(F)c1cc(Sc2nnnn2Cc2cccs2)nc(-c2ccncc2)n1. The van der Waals surface area contributed by atoms with Crippen LogP contribution >= 0.6 is 23.1 Å². The van der Waals surface area contributed by atoms with Gasteiger partial charge in [0, 0.05) is 28.9 Å². The van der Waals surface area contributed by atoms with Crippen LogP contribution in [0.4, 0.5) is 13.2 Å².